The topological polar surface area (TPSA) is 207 Å². The third kappa shape index (κ3) is 24.5. The molecule has 1 aromatic carbocycles. The van der Waals surface area contributed by atoms with E-state index in [9.17, 15) is 34.5 Å². The highest BCUT2D eigenvalue weighted by atomic mass is 16.7. The van der Waals surface area contributed by atoms with E-state index in [1.165, 1.54) is 116 Å². The van der Waals surface area contributed by atoms with E-state index in [1.807, 2.05) is 6.08 Å². The Kier molecular flexibility index (Phi) is 30.5. The van der Waals surface area contributed by atoms with Crippen LogP contribution in [0, 0.1) is 0 Å². The van der Waals surface area contributed by atoms with Gasteiger partial charge in [0, 0.05) is 6.42 Å². The van der Waals surface area contributed by atoms with Gasteiger partial charge in [0.1, 0.15) is 31.0 Å². The van der Waals surface area contributed by atoms with Gasteiger partial charge in [0.25, 0.3) is 0 Å². The van der Waals surface area contributed by atoms with E-state index in [0.29, 0.717) is 18.4 Å². The van der Waals surface area contributed by atoms with E-state index in [2.05, 4.69) is 23.9 Å². The summed E-state index contributed by atoms with van der Waals surface area (Å²) in [6.07, 6.45) is 21.4. The van der Waals surface area contributed by atoms with Crippen molar-refractivity contribution in [2.45, 2.75) is 230 Å². The minimum Gasteiger partial charge on any atom is -0.452 e. The Balaban J connectivity index is 2.17. The Morgan fingerprint density at radius 2 is 1.22 bits per heavy atom. The molecule has 0 aromatic heterocycles. The number of carbonyl (C=O) groups is 4. The number of rotatable bonds is 37. The van der Waals surface area contributed by atoms with E-state index < -0.39 is 73.8 Å². The summed E-state index contributed by atoms with van der Waals surface area (Å²) in [7, 11) is 0. The van der Waals surface area contributed by atoms with Crippen LogP contribution in [0.5, 0.6) is 0 Å². The highest BCUT2D eigenvalue weighted by Gasteiger charge is 2.54. The molecule has 1 saturated heterocycles. The molecule has 1 heterocycles. The normalized spacial score (nSPS) is 20.7. The second-order valence-electron chi connectivity index (χ2n) is 17.5. The van der Waals surface area contributed by atoms with Crippen LogP contribution in [-0.4, -0.2) is 100 Å². The van der Waals surface area contributed by atoms with Crippen LogP contribution in [0.25, 0.3) is 0 Å². The standard InChI is InChI=1S/C50H83NO13/c1-4-6-8-10-12-14-16-18-20-22-24-26-31-35-41(62-47(55)39-33-29-28-30-34-39)40(51-43(52)36-32-27-25-23-21-19-17-15-13-11-9-7-5-2)37-61-50(3)46(54)44(53)45(63-49(58)59)42(64-50)38-60-48(56)57/h28-31,33-35,40-42,44-46,53-54H,4-27,32,36-38H2,1-3H3,(H,51,52)(H,56,57)(H,58,59)/b35-31+/t40-,41+,42+,44-,45-,46+,50-/m0/s1. The summed E-state index contributed by atoms with van der Waals surface area (Å²) in [5.41, 5.74) is 0.302. The van der Waals surface area contributed by atoms with Crippen molar-refractivity contribution in [2.75, 3.05) is 13.2 Å². The van der Waals surface area contributed by atoms with Crippen molar-refractivity contribution in [1.29, 1.82) is 0 Å². The first-order valence-corrected chi connectivity index (χ1v) is 24.6. The van der Waals surface area contributed by atoms with E-state index >= 15 is 0 Å². The number of unbranched alkanes of at least 4 members (excludes halogenated alkanes) is 23. The average molecular weight is 906 g/mol. The van der Waals surface area contributed by atoms with E-state index in [4.69, 9.17) is 24.1 Å². The fourth-order valence-corrected chi connectivity index (χ4v) is 8.05. The van der Waals surface area contributed by atoms with Crippen LogP contribution >= 0.6 is 0 Å². The number of aliphatic hydroxyl groups excluding tert-OH is 2. The number of nitrogens with one attached hydrogen (secondary N) is 1. The second-order valence-corrected chi connectivity index (χ2v) is 17.5. The number of hydrogen-bond acceptors (Lipinski definition) is 11. The number of allylic oxidation sites excluding steroid dienone is 1. The Morgan fingerprint density at radius 3 is 1.72 bits per heavy atom. The Bertz CT molecular complexity index is 1430. The summed E-state index contributed by atoms with van der Waals surface area (Å²) in [6.45, 7) is 4.58. The lowest BCUT2D eigenvalue weighted by Crippen LogP contribution is -2.66. The zero-order chi connectivity index (χ0) is 46.8. The summed E-state index contributed by atoms with van der Waals surface area (Å²) >= 11 is 0. The SMILES string of the molecule is CCCCCCCCCCCCC/C=C/[C@@H](OC(=O)c1ccccc1)[C@H](CO[C@@]1(C)O[C@H](COC(=O)O)[C@H](OC(=O)O)[C@H](O)[C@H]1O)NC(=O)CCCCCCCCCCCCCCC. The molecule has 0 bridgehead atoms. The first-order valence-electron chi connectivity index (χ1n) is 24.6. The molecule has 1 aromatic rings. The van der Waals surface area contributed by atoms with Gasteiger partial charge in [0.2, 0.25) is 5.91 Å². The van der Waals surface area contributed by atoms with Gasteiger partial charge in [0.05, 0.1) is 18.2 Å². The van der Waals surface area contributed by atoms with Crippen LogP contribution in [0.15, 0.2) is 42.5 Å². The number of amides is 1. The second kappa shape index (κ2) is 34.6. The summed E-state index contributed by atoms with van der Waals surface area (Å²) in [4.78, 5) is 49.8. The molecule has 1 aliphatic rings. The molecule has 0 saturated carbocycles. The summed E-state index contributed by atoms with van der Waals surface area (Å²) in [6, 6.07) is 7.44. The lowest BCUT2D eigenvalue weighted by Gasteiger charge is -2.47. The van der Waals surface area contributed by atoms with Gasteiger partial charge in [-0.05, 0) is 44.4 Å². The molecule has 14 nitrogen and oxygen atoms in total. The number of hydrogen-bond donors (Lipinski definition) is 5. The number of benzene rings is 1. The first-order chi connectivity index (χ1) is 30.9. The largest absolute Gasteiger partial charge is 0.506 e. The van der Waals surface area contributed by atoms with Crippen LogP contribution in [0.2, 0.25) is 0 Å². The van der Waals surface area contributed by atoms with E-state index in [1.54, 1.807) is 36.4 Å². The Labute approximate surface area is 383 Å². The van der Waals surface area contributed by atoms with Gasteiger partial charge in [0.15, 0.2) is 11.9 Å². The maximum atomic E-state index is 13.6. The average Bonchev–Trinajstić information content (AvgIpc) is 3.27. The number of esters is 1. The Hall–Kier alpha value is -3.72. The molecule has 1 fully saturated rings. The molecule has 0 unspecified atom stereocenters. The molecule has 7 atom stereocenters. The third-order valence-corrected chi connectivity index (χ3v) is 11.9. The Morgan fingerprint density at radius 1 is 0.719 bits per heavy atom. The molecule has 64 heavy (non-hydrogen) atoms. The zero-order valence-electron chi connectivity index (χ0n) is 39.3. The van der Waals surface area contributed by atoms with Gasteiger partial charge in [-0.25, -0.2) is 14.4 Å². The number of aliphatic hydroxyl groups is 2. The molecular weight excluding hydrogens is 823 g/mol. The minimum atomic E-state index is -2.09. The summed E-state index contributed by atoms with van der Waals surface area (Å²) in [5, 5.41) is 43.6. The predicted octanol–water partition coefficient (Wildman–Crippen LogP) is 11.0. The van der Waals surface area contributed by atoms with Crippen molar-refractivity contribution >= 4 is 24.2 Å². The molecule has 366 valence electrons. The van der Waals surface area contributed by atoms with Crippen LogP contribution in [0.3, 0.4) is 0 Å². The number of ether oxygens (including phenoxy) is 5. The van der Waals surface area contributed by atoms with Crippen LogP contribution in [-0.2, 0) is 28.5 Å². The zero-order valence-corrected chi connectivity index (χ0v) is 39.3. The highest BCUT2D eigenvalue weighted by Crippen LogP contribution is 2.33. The van der Waals surface area contributed by atoms with Crippen LogP contribution in [0.1, 0.15) is 198 Å². The molecule has 0 aliphatic carbocycles. The molecule has 14 heteroatoms. The van der Waals surface area contributed by atoms with Crippen molar-refractivity contribution in [2.24, 2.45) is 0 Å². The van der Waals surface area contributed by atoms with E-state index in [-0.39, 0.29) is 12.3 Å². The molecule has 2 rings (SSSR count). The third-order valence-electron chi connectivity index (χ3n) is 11.9. The minimum absolute atomic E-state index is 0.216. The van der Waals surface area contributed by atoms with Crippen molar-refractivity contribution in [3.05, 3.63) is 48.0 Å². The monoisotopic (exact) mass is 906 g/mol. The van der Waals surface area contributed by atoms with Gasteiger partial charge in [-0.1, -0.05) is 179 Å². The van der Waals surface area contributed by atoms with Gasteiger partial charge in [-0.15, -0.1) is 0 Å². The highest BCUT2D eigenvalue weighted by molar-refractivity contribution is 5.89. The maximum Gasteiger partial charge on any atom is 0.506 e. The smallest absolute Gasteiger partial charge is 0.452 e. The van der Waals surface area contributed by atoms with Gasteiger partial charge in [-0.3, -0.25) is 4.79 Å². The van der Waals surface area contributed by atoms with Crippen LogP contribution in [0.4, 0.5) is 9.59 Å². The molecule has 5 N–H and O–H groups in total. The van der Waals surface area contributed by atoms with E-state index in [0.717, 1.165) is 38.5 Å². The molecule has 0 spiro atoms. The lowest BCUT2D eigenvalue weighted by atomic mass is 9.93. The fourth-order valence-electron chi connectivity index (χ4n) is 8.05. The lowest BCUT2D eigenvalue weighted by molar-refractivity contribution is -0.357. The molecule has 0 radical (unpaired) electrons. The van der Waals surface area contributed by atoms with Crippen molar-refractivity contribution in [1.82, 2.24) is 5.32 Å². The summed E-state index contributed by atoms with van der Waals surface area (Å²) < 4.78 is 27.5. The van der Waals surface area contributed by atoms with Crippen molar-refractivity contribution in [3.8, 4) is 0 Å². The van der Waals surface area contributed by atoms with Crippen LogP contribution < -0.4 is 5.32 Å². The molecule has 1 amide bonds. The summed E-state index contributed by atoms with van der Waals surface area (Å²) in [5.74, 6) is -3.01. The number of carbonyl (C=O) groups excluding carboxylic acids is 2. The maximum absolute atomic E-state index is 13.6. The predicted molar refractivity (Wildman–Crippen MR) is 246 cm³/mol. The van der Waals surface area contributed by atoms with Gasteiger partial charge in [-0.2, -0.15) is 0 Å². The van der Waals surface area contributed by atoms with Gasteiger partial charge >= 0.3 is 18.3 Å². The number of carboxylic acid groups (broad SMARTS) is 2. The quantitative estimate of drug-likeness (QED) is 0.0182. The van der Waals surface area contributed by atoms with Crippen molar-refractivity contribution < 1.29 is 63.3 Å². The fraction of sp³-hybridized carbons (Fsp3) is 0.760. The molecule has 1 aliphatic heterocycles. The van der Waals surface area contributed by atoms with Gasteiger partial charge < -0.3 is 49.4 Å². The first kappa shape index (κ1) is 56.4. The molecular formula is C50H83NO13. The van der Waals surface area contributed by atoms with Crippen molar-refractivity contribution in [3.63, 3.8) is 0 Å².